The van der Waals surface area contributed by atoms with E-state index in [0.29, 0.717) is 11.3 Å². The predicted octanol–water partition coefficient (Wildman–Crippen LogP) is 4.34. The molecule has 0 radical (unpaired) electrons. The quantitative estimate of drug-likeness (QED) is 0.430. The molecule has 6 nitrogen and oxygen atoms in total. The lowest BCUT2D eigenvalue weighted by atomic mass is 10.1. The predicted molar refractivity (Wildman–Crippen MR) is 130 cm³/mol. The Hall–Kier alpha value is -3.45. The lowest BCUT2D eigenvalue weighted by molar-refractivity contribution is 0.0955. The molecule has 0 aromatic heterocycles. The molecule has 0 atom stereocenters. The standard InChI is InChI=1S/C25H27N3O3S/c1-18-6-5-7-22(14-18)16-26-27-25(29)23-11-9-21(10-12-23)17-28(32(4,30)31)24-13-8-19(2)20(3)15-24/h5-16H,17H2,1-4H3,(H,27,29)/b26-16+. The third kappa shape index (κ3) is 6.04. The summed E-state index contributed by atoms with van der Waals surface area (Å²) in [7, 11) is -3.48. The number of anilines is 1. The van der Waals surface area contributed by atoms with Gasteiger partial charge in [0.05, 0.1) is 24.7 Å². The number of amides is 1. The van der Waals surface area contributed by atoms with Crippen molar-refractivity contribution in [2.45, 2.75) is 27.3 Å². The van der Waals surface area contributed by atoms with Crippen LogP contribution in [0.25, 0.3) is 0 Å². The first-order valence-corrected chi connectivity index (χ1v) is 12.0. The molecule has 0 saturated heterocycles. The van der Waals surface area contributed by atoms with Crippen LogP contribution in [0.2, 0.25) is 0 Å². The first-order chi connectivity index (χ1) is 15.1. The number of rotatable bonds is 7. The molecule has 3 aromatic carbocycles. The van der Waals surface area contributed by atoms with Crippen LogP contribution in [-0.2, 0) is 16.6 Å². The Morgan fingerprint density at radius 2 is 1.69 bits per heavy atom. The minimum Gasteiger partial charge on any atom is -0.267 e. The van der Waals surface area contributed by atoms with Crippen LogP contribution in [0.15, 0.2) is 71.8 Å². The average molecular weight is 450 g/mol. The van der Waals surface area contributed by atoms with E-state index >= 15 is 0 Å². The largest absolute Gasteiger partial charge is 0.271 e. The maximum Gasteiger partial charge on any atom is 0.271 e. The van der Waals surface area contributed by atoms with Crippen LogP contribution >= 0.6 is 0 Å². The van der Waals surface area contributed by atoms with E-state index < -0.39 is 10.0 Å². The second kappa shape index (κ2) is 9.78. The molecule has 32 heavy (non-hydrogen) atoms. The van der Waals surface area contributed by atoms with Crippen LogP contribution in [0.5, 0.6) is 0 Å². The molecule has 3 rings (SSSR count). The van der Waals surface area contributed by atoms with E-state index in [0.717, 1.165) is 27.8 Å². The molecule has 0 heterocycles. The first-order valence-electron chi connectivity index (χ1n) is 10.2. The second-order valence-corrected chi connectivity index (χ2v) is 9.76. The van der Waals surface area contributed by atoms with Gasteiger partial charge in [-0.25, -0.2) is 13.8 Å². The van der Waals surface area contributed by atoms with Crippen LogP contribution < -0.4 is 9.73 Å². The van der Waals surface area contributed by atoms with Gasteiger partial charge in [0.1, 0.15) is 0 Å². The van der Waals surface area contributed by atoms with Gasteiger partial charge >= 0.3 is 0 Å². The van der Waals surface area contributed by atoms with Crippen molar-refractivity contribution in [3.05, 3.63) is 100 Å². The van der Waals surface area contributed by atoms with E-state index in [9.17, 15) is 13.2 Å². The number of hydrogen-bond acceptors (Lipinski definition) is 4. The normalized spacial score (nSPS) is 11.5. The number of nitrogens with one attached hydrogen (secondary N) is 1. The van der Waals surface area contributed by atoms with Gasteiger partial charge in [0, 0.05) is 5.56 Å². The molecule has 1 N–H and O–H groups in total. The molecule has 1 amide bonds. The molecule has 0 spiro atoms. The van der Waals surface area contributed by atoms with Gasteiger partial charge in [-0.1, -0.05) is 48.0 Å². The summed E-state index contributed by atoms with van der Waals surface area (Å²) in [4.78, 5) is 12.4. The lowest BCUT2D eigenvalue weighted by Gasteiger charge is -2.23. The molecule has 0 bridgehead atoms. The fourth-order valence-corrected chi connectivity index (χ4v) is 4.07. The summed E-state index contributed by atoms with van der Waals surface area (Å²) in [5.41, 5.74) is 8.47. The number of hydrogen-bond donors (Lipinski definition) is 1. The Kier molecular flexibility index (Phi) is 7.10. The zero-order valence-corrected chi connectivity index (χ0v) is 19.5. The minimum atomic E-state index is -3.48. The van der Waals surface area contributed by atoms with Crippen molar-refractivity contribution in [1.82, 2.24) is 5.43 Å². The van der Waals surface area contributed by atoms with Crippen molar-refractivity contribution in [1.29, 1.82) is 0 Å². The van der Waals surface area contributed by atoms with Crippen molar-refractivity contribution >= 4 is 27.8 Å². The SMILES string of the molecule is Cc1cccc(/C=N/NC(=O)c2ccc(CN(c3ccc(C)c(C)c3)S(C)(=O)=O)cc2)c1. The number of carbonyl (C=O) groups is 1. The van der Waals surface area contributed by atoms with Crippen LogP contribution in [0.4, 0.5) is 5.69 Å². The number of nitrogens with zero attached hydrogens (tertiary/aromatic N) is 2. The highest BCUT2D eigenvalue weighted by molar-refractivity contribution is 7.92. The Bertz CT molecular complexity index is 1250. The summed E-state index contributed by atoms with van der Waals surface area (Å²) in [6, 6.07) is 20.2. The molecule has 0 aliphatic carbocycles. The molecular formula is C25H27N3O3S. The first kappa shape index (κ1) is 23.2. The summed E-state index contributed by atoms with van der Waals surface area (Å²) in [6.07, 6.45) is 2.78. The monoisotopic (exact) mass is 449 g/mol. The van der Waals surface area contributed by atoms with Crippen molar-refractivity contribution < 1.29 is 13.2 Å². The highest BCUT2D eigenvalue weighted by atomic mass is 32.2. The van der Waals surface area contributed by atoms with Crippen molar-refractivity contribution in [3.8, 4) is 0 Å². The summed E-state index contributed by atoms with van der Waals surface area (Å²) in [5.74, 6) is -0.338. The molecule has 0 aliphatic heterocycles. The number of benzene rings is 3. The smallest absolute Gasteiger partial charge is 0.267 e. The Balaban J connectivity index is 1.70. The molecule has 166 valence electrons. The third-order valence-corrected chi connectivity index (χ3v) is 6.28. The summed E-state index contributed by atoms with van der Waals surface area (Å²) >= 11 is 0. The van der Waals surface area contributed by atoms with Crippen LogP contribution in [0, 0.1) is 20.8 Å². The fraction of sp³-hybridized carbons (Fsp3) is 0.200. The van der Waals surface area contributed by atoms with E-state index in [-0.39, 0.29) is 12.5 Å². The Labute approximate surface area is 189 Å². The van der Waals surface area contributed by atoms with Gasteiger partial charge in [0.15, 0.2) is 0 Å². The Morgan fingerprint density at radius 3 is 2.31 bits per heavy atom. The van der Waals surface area contributed by atoms with Crippen LogP contribution in [0.1, 0.15) is 38.2 Å². The summed E-state index contributed by atoms with van der Waals surface area (Å²) in [5, 5.41) is 4.01. The topological polar surface area (TPSA) is 78.8 Å². The van der Waals surface area contributed by atoms with Gasteiger partial charge < -0.3 is 0 Å². The van der Waals surface area contributed by atoms with Gasteiger partial charge in [0.2, 0.25) is 10.0 Å². The zero-order chi connectivity index (χ0) is 23.3. The van der Waals surface area contributed by atoms with Crippen molar-refractivity contribution in [2.24, 2.45) is 5.10 Å². The van der Waals surface area contributed by atoms with Crippen molar-refractivity contribution in [2.75, 3.05) is 10.6 Å². The maximum atomic E-state index is 12.4. The summed E-state index contributed by atoms with van der Waals surface area (Å²) < 4.78 is 26.2. The Morgan fingerprint density at radius 1 is 0.969 bits per heavy atom. The molecule has 7 heteroatoms. The highest BCUT2D eigenvalue weighted by Crippen LogP contribution is 2.23. The van der Waals surface area contributed by atoms with E-state index in [4.69, 9.17) is 0 Å². The van der Waals surface area contributed by atoms with E-state index in [1.54, 1.807) is 36.5 Å². The van der Waals surface area contributed by atoms with E-state index in [2.05, 4.69) is 10.5 Å². The number of sulfonamides is 1. The molecule has 3 aromatic rings. The van der Waals surface area contributed by atoms with E-state index in [1.807, 2.05) is 57.2 Å². The number of carbonyl (C=O) groups excluding carboxylic acids is 1. The lowest BCUT2D eigenvalue weighted by Crippen LogP contribution is -2.29. The number of aryl methyl sites for hydroxylation is 3. The van der Waals surface area contributed by atoms with Gasteiger partial charge in [-0.2, -0.15) is 5.10 Å². The average Bonchev–Trinajstić information content (AvgIpc) is 2.74. The zero-order valence-electron chi connectivity index (χ0n) is 18.7. The third-order valence-electron chi connectivity index (χ3n) is 5.14. The number of hydrazone groups is 1. The van der Waals surface area contributed by atoms with Gasteiger partial charge in [-0.3, -0.25) is 9.10 Å². The molecular weight excluding hydrogens is 422 g/mol. The fourth-order valence-electron chi connectivity index (χ4n) is 3.19. The van der Waals surface area contributed by atoms with Crippen LogP contribution in [0.3, 0.4) is 0 Å². The van der Waals surface area contributed by atoms with Crippen molar-refractivity contribution in [3.63, 3.8) is 0 Å². The molecule has 0 fully saturated rings. The molecule has 0 unspecified atom stereocenters. The van der Waals surface area contributed by atoms with E-state index in [1.165, 1.54) is 10.6 Å². The van der Waals surface area contributed by atoms with Gasteiger partial charge in [-0.15, -0.1) is 0 Å². The maximum absolute atomic E-state index is 12.4. The van der Waals surface area contributed by atoms with Crippen LogP contribution in [-0.4, -0.2) is 26.8 Å². The summed E-state index contributed by atoms with van der Waals surface area (Å²) in [6.45, 7) is 6.10. The second-order valence-electron chi connectivity index (χ2n) is 7.85. The molecule has 0 aliphatic rings. The van der Waals surface area contributed by atoms with Gasteiger partial charge in [0.25, 0.3) is 5.91 Å². The minimum absolute atomic E-state index is 0.175. The highest BCUT2D eigenvalue weighted by Gasteiger charge is 2.18. The molecule has 0 saturated carbocycles. The van der Waals surface area contributed by atoms with Gasteiger partial charge in [-0.05, 0) is 67.3 Å².